The average molecular weight is 442 g/mol. The van der Waals surface area contributed by atoms with Crippen molar-refractivity contribution in [1.82, 2.24) is 0 Å². The monoisotopic (exact) mass is 442 g/mol. The number of ether oxygens (including phenoxy) is 3. The molecule has 33 heavy (non-hydrogen) atoms. The normalized spacial score (nSPS) is 14.7. The van der Waals surface area contributed by atoms with E-state index in [-0.39, 0.29) is 17.4 Å². The van der Waals surface area contributed by atoms with Gasteiger partial charge in [-0.1, -0.05) is 62.2 Å². The molecule has 1 unspecified atom stereocenters. The highest BCUT2D eigenvalue weighted by atomic mass is 16.6. The highest BCUT2D eigenvalue weighted by Gasteiger charge is 2.23. The third-order valence-electron chi connectivity index (χ3n) is 4.84. The Bertz CT molecular complexity index is 1150. The van der Waals surface area contributed by atoms with E-state index in [2.05, 4.69) is 19.7 Å². The number of hydrogen-bond acceptors (Lipinski definition) is 6. The molecule has 0 amide bonds. The van der Waals surface area contributed by atoms with Gasteiger partial charge in [-0.25, -0.2) is 14.4 Å². The second-order valence-electron chi connectivity index (χ2n) is 6.98. The highest BCUT2D eigenvalue weighted by molar-refractivity contribution is 5.84. The Labute approximate surface area is 191 Å². The molecule has 0 heterocycles. The molecular formula is C27H22O6. The van der Waals surface area contributed by atoms with Gasteiger partial charge in [0.15, 0.2) is 11.5 Å². The van der Waals surface area contributed by atoms with Crippen LogP contribution in [0.3, 0.4) is 0 Å². The molecule has 6 heteroatoms. The van der Waals surface area contributed by atoms with Crippen molar-refractivity contribution >= 4 is 17.9 Å². The van der Waals surface area contributed by atoms with Crippen LogP contribution in [-0.4, -0.2) is 17.9 Å². The molecule has 6 nitrogen and oxygen atoms in total. The summed E-state index contributed by atoms with van der Waals surface area (Å²) < 4.78 is 15.6. The lowest BCUT2D eigenvalue weighted by Crippen LogP contribution is -2.13. The van der Waals surface area contributed by atoms with Gasteiger partial charge in [0.1, 0.15) is 5.75 Å². The molecule has 0 aliphatic heterocycles. The zero-order valence-corrected chi connectivity index (χ0v) is 17.9. The Kier molecular flexibility index (Phi) is 7.55. The maximum Gasteiger partial charge on any atom is 0.335 e. The number of esters is 3. The van der Waals surface area contributed by atoms with Gasteiger partial charge in [-0.2, -0.15) is 0 Å². The van der Waals surface area contributed by atoms with Crippen LogP contribution in [0.4, 0.5) is 0 Å². The summed E-state index contributed by atoms with van der Waals surface area (Å²) in [5.41, 5.74) is 2.93. The van der Waals surface area contributed by atoms with E-state index >= 15 is 0 Å². The van der Waals surface area contributed by atoms with Gasteiger partial charge in [-0.3, -0.25) is 0 Å². The van der Waals surface area contributed by atoms with Crippen LogP contribution >= 0.6 is 0 Å². The fourth-order valence-electron chi connectivity index (χ4n) is 3.19. The van der Waals surface area contributed by atoms with Crippen molar-refractivity contribution in [2.75, 3.05) is 0 Å². The van der Waals surface area contributed by atoms with Gasteiger partial charge in [0.2, 0.25) is 0 Å². The zero-order chi connectivity index (χ0) is 23.8. The van der Waals surface area contributed by atoms with Crippen LogP contribution in [0.25, 0.3) is 11.1 Å². The second-order valence-corrected chi connectivity index (χ2v) is 6.98. The van der Waals surface area contributed by atoms with E-state index in [0.29, 0.717) is 12.2 Å². The predicted molar refractivity (Wildman–Crippen MR) is 124 cm³/mol. The zero-order valence-electron chi connectivity index (χ0n) is 17.9. The minimum absolute atomic E-state index is 0.0847. The molecule has 3 rings (SSSR count). The third kappa shape index (κ3) is 6.04. The van der Waals surface area contributed by atoms with Gasteiger partial charge in [0.25, 0.3) is 0 Å². The molecule has 1 aliphatic carbocycles. The number of carbonyl (C=O) groups is 3. The molecule has 0 aromatic heterocycles. The van der Waals surface area contributed by atoms with Crippen LogP contribution in [0, 0.1) is 0 Å². The number of benzene rings is 2. The standard InChI is InChI=1S/C27H22O6/c1-4-25(28)31-22-14-11-19(12-15-22)18-7-9-20(10-8-18)21-13-16-23(32-26(29)5-2)24(17-21)33-27(30)6-3/h4-16,21H,1-3,17H2. The van der Waals surface area contributed by atoms with Crippen molar-refractivity contribution in [1.29, 1.82) is 0 Å². The third-order valence-corrected chi connectivity index (χ3v) is 4.84. The van der Waals surface area contributed by atoms with Crippen LogP contribution in [0.15, 0.2) is 110 Å². The summed E-state index contributed by atoms with van der Waals surface area (Å²) in [6.07, 6.45) is 7.02. The number of hydrogen-bond donors (Lipinski definition) is 0. The number of carbonyl (C=O) groups excluding carboxylic acids is 3. The number of allylic oxidation sites excluding steroid dienone is 3. The topological polar surface area (TPSA) is 78.9 Å². The van der Waals surface area contributed by atoms with Crippen LogP contribution in [-0.2, 0) is 23.9 Å². The molecule has 166 valence electrons. The predicted octanol–water partition coefficient (Wildman–Crippen LogP) is 5.16. The summed E-state index contributed by atoms with van der Waals surface area (Å²) in [6, 6.07) is 15.0. The van der Waals surface area contributed by atoms with Crippen molar-refractivity contribution in [2.45, 2.75) is 12.3 Å². The van der Waals surface area contributed by atoms with Gasteiger partial charge < -0.3 is 14.2 Å². The molecule has 0 bridgehead atoms. The lowest BCUT2D eigenvalue weighted by Gasteiger charge is -2.21. The van der Waals surface area contributed by atoms with Gasteiger partial charge in [-0.15, -0.1) is 0 Å². The molecule has 2 aromatic rings. The quantitative estimate of drug-likeness (QED) is 0.319. The summed E-state index contributed by atoms with van der Waals surface area (Å²) in [5.74, 6) is -1.02. The molecule has 0 saturated heterocycles. The summed E-state index contributed by atoms with van der Waals surface area (Å²) in [5, 5.41) is 0. The first-order chi connectivity index (χ1) is 15.9. The Balaban J connectivity index is 1.76. The largest absolute Gasteiger partial charge is 0.424 e. The summed E-state index contributed by atoms with van der Waals surface area (Å²) in [7, 11) is 0. The Morgan fingerprint density at radius 2 is 1.24 bits per heavy atom. The van der Waals surface area contributed by atoms with E-state index in [9.17, 15) is 14.4 Å². The van der Waals surface area contributed by atoms with E-state index in [1.54, 1.807) is 18.2 Å². The molecule has 0 spiro atoms. The Morgan fingerprint density at radius 1 is 0.727 bits per heavy atom. The van der Waals surface area contributed by atoms with Gasteiger partial charge in [-0.05, 0) is 34.9 Å². The van der Waals surface area contributed by atoms with Crippen LogP contribution in [0.2, 0.25) is 0 Å². The number of rotatable bonds is 8. The van der Waals surface area contributed by atoms with E-state index < -0.39 is 17.9 Å². The Morgan fingerprint density at radius 3 is 1.82 bits per heavy atom. The van der Waals surface area contributed by atoms with Crippen LogP contribution < -0.4 is 4.74 Å². The first-order valence-electron chi connectivity index (χ1n) is 10.1. The van der Waals surface area contributed by atoms with Gasteiger partial charge in [0, 0.05) is 30.6 Å². The molecular weight excluding hydrogens is 420 g/mol. The SMILES string of the molecule is C=CC(=O)OC1=C(OC(=O)C=C)CC(c2ccc(-c3ccc(OC(=O)C=C)cc3)cc2)C=C1. The highest BCUT2D eigenvalue weighted by Crippen LogP contribution is 2.34. The molecule has 1 atom stereocenters. The average Bonchev–Trinajstić information content (AvgIpc) is 2.85. The van der Waals surface area contributed by atoms with E-state index in [1.807, 2.05) is 42.5 Å². The Hall–Kier alpha value is -4.45. The van der Waals surface area contributed by atoms with Gasteiger partial charge in [0.05, 0.1) is 0 Å². The van der Waals surface area contributed by atoms with Crippen molar-refractivity contribution < 1.29 is 28.6 Å². The second kappa shape index (κ2) is 10.7. The van der Waals surface area contributed by atoms with Gasteiger partial charge >= 0.3 is 17.9 Å². The summed E-state index contributed by atoms with van der Waals surface area (Å²) in [4.78, 5) is 34.6. The molecule has 0 fully saturated rings. The summed E-state index contributed by atoms with van der Waals surface area (Å²) in [6.45, 7) is 10.1. The molecule has 0 saturated carbocycles. The van der Waals surface area contributed by atoms with Crippen molar-refractivity contribution in [3.05, 3.63) is 116 Å². The molecule has 0 radical (unpaired) electrons. The lowest BCUT2D eigenvalue weighted by atomic mass is 9.90. The van der Waals surface area contributed by atoms with Crippen molar-refractivity contribution in [3.8, 4) is 16.9 Å². The molecule has 0 N–H and O–H groups in total. The molecule has 2 aromatic carbocycles. The fraction of sp³-hybridized carbons (Fsp3) is 0.0741. The van der Waals surface area contributed by atoms with Crippen molar-refractivity contribution in [2.24, 2.45) is 0 Å². The first kappa shape index (κ1) is 23.2. The minimum atomic E-state index is -0.644. The van der Waals surface area contributed by atoms with Crippen molar-refractivity contribution in [3.63, 3.8) is 0 Å². The van der Waals surface area contributed by atoms with E-state index in [1.165, 1.54) is 0 Å². The maximum atomic E-state index is 11.7. The molecule has 1 aliphatic rings. The fourth-order valence-corrected chi connectivity index (χ4v) is 3.19. The van der Waals surface area contributed by atoms with Crippen LogP contribution in [0.5, 0.6) is 5.75 Å². The van der Waals surface area contributed by atoms with E-state index in [0.717, 1.165) is 34.9 Å². The first-order valence-corrected chi connectivity index (χ1v) is 10.1. The lowest BCUT2D eigenvalue weighted by molar-refractivity contribution is -0.137. The maximum absolute atomic E-state index is 11.7. The smallest absolute Gasteiger partial charge is 0.335 e. The summed E-state index contributed by atoms with van der Waals surface area (Å²) >= 11 is 0. The van der Waals surface area contributed by atoms with Crippen LogP contribution in [0.1, 0.15) is 17.9 Å². The van der Waals surface area contributed by atoms with E-state index in [4.69, 9.17) is 14.2 Å². The minimum Gasteiger partial charge on any atom is -0.424 e.